The number of hydrogen-bond acceptors (Lipinski definition) is 7. The number of methoxy groups -OCH3 is 1. The fraction of sp³-hybridized carbons (Fsp3) is 0.107. The lowest BCUT2D eigenvalue weighted by Gasteiger charge is -2.11. The SMILES string of the molecule is COc1cc(/C=c2\sc3nc(-c4oc5ccccc5c4C)nn3c2=O)ccc1OCc1ccccc1. The van der Waals surface area contributed by atoms with Gasteiger partial charge in [0.2, 0.25) is 10.8 Å². The van der Waals surface area contributed by atoms with E-state index in [-0.39, 0.29) is 5.56 Å². The summed E-state index contributed by atoms with van der Waals surface area (Å²) in [6, 6.07) is 23.3. The molecule has 36 heavy (non-hydrogen) atoms. The normalized spacial score (nSPS) is 12.0. The fourth-order valence-corrected chi connectivity index (χ4v) is 5.01. The van der Waals surface area contributed by atoms with E-state index in [1.165, 1.54) is 15.9 Å². The number of furan rings is 1. The number of nitrogens with zero attached hydrogens (tertiary/aromatic N) is 3. The highest BCUT2D eigenvalue weighted by molar-refractivity contribution is 7.15. The number of thiazole rings is 1. The van der Waals surface area contributed by atoms with Crippen molar-refractivity contribution in [1.82, 2.24) is 14.6 Å². The quantitative estimate of drug-likeness (QED) is 0.323. The summed E-state index contributed by atoms with van der Waals surface area (Å²) in [4.78, 5) is 18.2. The van der Waals surface area contributed by atoms with Crippen molar-refractivity contribution in [3.8, 4) is 23.1 Å². The number of aryl methyl sites for hydroxylation is 1. The van der Waals surface area contributed by atoms with Gasteiger partial charge in [0.15, 0.2) is 17.3 Å². The first-order chi connectivity index (χ1) is 17.6. The van der Waals surface area contributed by atoms with Crippen molar-refractivity contribution in [1.29, 1.82) is 0 Å². The predicted octanol–water partition coefficient (Wildman–Crippen LogP) is 5.01. The molecule has 0 amide bonds. The Morgan fingerprint density at radius 2 is 1.83 bits per heavy atom. The van der Waals surface area contributed by atoms with Crippen LogP contribution in [0.3, 0.4) is 0 Å². The van der Waals surface area contributed by atoms with Crippen molar-refractivity contribution in [2.75, 3.05) is 7.11 Å². The molecule has 0 unspecified atom stereocenters. The zero-order chi connectivity index (χ0) is 24.6. The third-order valence-electron chi connectivity index (χ3n) is 5.95. The second-order valence-corrected chi connectivity index (χ2v) is 9.29. The minimum absolute atomic E-state index is 0.231. The van der Waals surface area contributed by atoms with Crippen LogP contribution in [0.4, 0.5) is 0 Å². The van der Waals surface area contributed by atoms with Gasteiger partial charge in [-0.15, -0.1) is 5.10 Å². The summed E-state index contributed by atoms with van der Waals surface area (Å²) in [6.07, 6.45) is 1.80. The molecule has 0 atom stereocenters. The Kier molecular flexibility index (Phi) is 5.50. The van der Waals surface area contributed by atoms with E-state index in [9.17, 15) is 4.79 Å². The average molecular weight is 496 g/mol. The van der Waals surface area contributed by atoms with Gasteiger partial charge in [0, 0.05) is 10.9 Å². The first-order valence-electron chi connectivity index (χ1n) is 11.4. The maximum absolute atomic E-state index is 13.1. The van der Waals surface area contributed by atoms with Gasteiger partial charge in [-0.3, -0.25) is 4.79 Å². The molecule has 0 aliphatic rings. The number of ether oxygens (including phenoxy) is 2. The molecule has 0 fully saturated rings. The van der Waals surface area contributed by atoms with Gasteiger partial charge in [-0.2, -0.15) is 9.50 Å². The van der Waals surface area contributed by atoms with E-state index in [4.69, 9.17) is 13.9 Å². The Morgan fingerprint density at radius 3 is 2.61 bits per heavy atom. The van der Waals surface area contributed by atoms with Crippen LogP contribution in [-0.2, 0) is 6.61 Å². The summed E-state index contributed by atoms with van der Waals surface area (Å²) in [5.74, 6) is 2.21. The van der Waals surface area contributed by atoms with Crippen LogP contribution < -0.4 is 19.6 Å². The zero-order valence-electron chi connectivity index (χ0n) is 19.6. The van der Waals surface area contributed by atoms with E-state index in [1.54, 1.807) is 13.2 Å². The van der Waals surface area contributed by atoms with Crippen LogP contribution in [0, 0.1) is 6.92 Å². The Morgan fingerprint density at radius 1 is 1.03 bits per heavy atom. The second kappa shape index (κ2) is 8.98. The highest BCUT2D eigenvalue weighted by Gasteiger charge is 2.19. The largest absolute Gasteiger partial charge is 0.493 e. The predicted molar refractivity (Wildman–Crippen MR) is 140 cm³/mol. The lowest BCUT2D eigenvalue weighted by Crippen LogP contribution is -2.23. The van der Waals surface area contributed by atoms with Crippen molar-refractivity contribution in [2.45, 2.75) is 13.5 Å². The Bertz CT molecular complexity index is 1820. The maximum atomic E-state index is 13.1. The topological polar surface area (TPSA) is 78.9 Å². The Labute approximate surface area is 209 Å². The summed E-state index contributed by atoms with van der Waals surface area (Å²) in [6.45, 7) is 2.40. The van der Waals surface area contributed by atoms with Crippen LogP contribution in [-0.4, -0.2) is 21.7 Å². The third-order valence-corrected chi connectivity index (χ3v) is 6.91. The van der Waals surface area contributed by atoms with Gasteiger partial charge in [0.25, 0.3) is 5.56 Å². The number of para-hydroxylation sites is 1. The van der Waals surface area contributed by atoms with E-state index in [1.807, 2.05) is 79.7 Å². The molecule has 0 aliphatic heterocycles. The lowest BCUT2D eigenvalue weighted by atomic mass is 10.1. The van der Waals surface area contributed by atoms with E-state index >= 15 is 0 Å². The van der Waals surface area contributed by atoms with E-state index < -0.39 is 0 Å². The minimum atomic E-state index is -0.231. The Balaban J connectivity index is 1.31. The molecule has 3 aromatic heterocycles. The molecule has 6 rings (SSSR count). The molecule has 0 aliphatic carbocycles. The number of rotatable bonds is 6. The van der Waals surface area contributed by atoms with Crippen LogP contribution in [0.25, 0.3) is 33.6 Å². The summed E-state index contributed by atoms with van der Waals surface area (Å²) < 4.78 is 19.3. The van der Waals surface area contributed by atoms with Gasteiger partial charge in [0.05, 0.1) is 11.6 Å². The molecule has 0 saturated carbocycles. The van der Waals surface area contributed by atoms with Gasteiger partial charge < -0.3 is 13.9 Å². The maximum Gasteiger partial charge on any atom is 0.291 e. The monoisotopic (exact) mass is 495 g/mol. The van der Waals surface area contributed by atoms with E-state index in [2.05, 4.69) is 10.1 Å². The standard InChI is InChI=1S/C28H21N3O4S/c1-17-20-10-6-7-11-21(20)35-25(17)26-29-28-31(30-26)27(32)24(36-28)15-19-12-13-22(23(14-19)33-2)34-16-18-8-4-3-5-9-18/h3-15H,16H2,1-2H3/b24-15-. The molecule has 0 saturated heterocycles. The molecule has 0 bridgehead atoms. The molecule has 178 valence electrons. The van der Waals surface area contributed by atoms with Gasteiger partial charge >= 0.3 is 0 Å². The first-order valence-corrected chi connectivity index (χ1v) is 12.2. The molecule has 3 heterocycles. The molecule has 8 heteroatoms. The molecule has 7 nitrogen and oxygen atoms in total. The van der Waals surface area contributed by atoms with Crippen molar-refractivity contribution in [2.24, 2.45) is 0 Å². The van der Waals surface area contributed by atoms with Crippen LogP contribution in [0.5, 0.6) is 11.5 Å². The van der Waals surface area contributed by atoms with Crippen LogP contribution >= 0.6 is 11.3 Å². The minimum Gasteiger partial charge on any atom is -0.493 e. The lowest BCUT2D eigenvalue weighted by molar-refractivity contribution is 0.284. The molecule has 6 aromatic rings. The highest BCUT2D eigenvalue weighted by Crippen LogP contribution is 2.31. The van der Waals surface area contributed by atoms with Crippen LogP contribution in [0.2, 0.25) is 0 Å². The summed E-state index contributed by atoms with van der Waals surface area (Å²) in [7, 11) is 1.60. The third kappa shape index (κ3) is 3.91. The van der Waals surface area contributed by atoms with Crippen LogP contribution in [0.15, 0.2) is 82.0 Å². The summed E-state index contributed by atoms with van der Waals surface area (Å²) >= 11 is 1.28. The number of hydrogen-bond donors (Lipinski definition) is 0. The number of benzene rings is 3. The summed E-state index contributed by atoms with van der Waals surface area (Å²) in [5, 5.41) is 5.45. The number of fused-ring (bicyclic) bond motifs is 2. The van der Waals surface area contributed by atoms with Crippen molar-refractivity contribution in [3.63, 3.8) is 0 Å². The van der Waals surface area contributed by atoms with Crippen molar-refractivity contribution >= 4 is 33.3 Å². The van der Waals surface area contributed by atoms with Gasteiger partial charge in [-0.25, -0.2) is 0 Å². The van der Waals surface area contributed by atoms with Crippen LogP contribution in [0.1, 0.15) is 16.7 Å². The molecular formula is C28H21N3O4S. The molecular weight excluding hydrogens is 474 g/mol. The molecule has 0 spiro atoms. The van der Waals surface area contributed by atoms with Crippen molar-refractivity contribution < 1.29 is 13.9 Å². The summed E-state index contributed by atoms with van der Waals surface area (Å²) in [5.41, 5.74) is 3.37. The zero-order valence-corrected chi connectivity index (χ0v) is 20.4. The average Bonchev–Trinajstić information content (AvgIpc) is 3.56. The van der Waals surface area contributed by atoms with Gasteiger partial charge in [-0.1, -0.05) is 65.9 Å². The Hall–Kier alpha value is -4.43. The highest BCUT2D eigenvalue weighted by atomic mass is 32.1. The molecule has 3 aromatic carbocycles. The smallest absolute Gasteiger partial charge is 0.291 e. The first kappa shape index (κ1) is 22.1. The van der Waals surface area contributed by atoms with E-state index in [0.29, 0.717) is 39.2 Å². The van der Waals surface area contributed by atoms with Crippen molar-refractivity contribution in [3.05, 3.63) is 104 Å². The number of aromatic nitrogens is 3. The van der Waals surface area contributed by atoms with Gasteiger partial charge in [0.1, 0.15) is 12.2 Å². The second-order valence-electron chi connectivity index (χ2n) is 8.28. The van der Waals surface area contributed by atoms with Gasteiger partial charge in [-0.05, 0) is 42.3 Å². The molecule has 0 N–H and O–H groups in total. The molecule has 0 radical (unpaired) electrons. The fourth-order valence-electron chi connectivity index (χ4n) is 4.10. The van der Waals surface area contributed by atoms with E-state index in [0.717, 1.165) is 27.7 Å².